The number of aromatic amines is 1. The molecular formula is C19H17N7O2. The number of rotatable bonds is 3. The summed E-state index contributed by atoms with van der Waals surface area (Å²) in [6, 6.07) is 5.34. The Morgan fingerprint density at radius 2 is 2.07 bits per heavy atom. The van der Waals surface area contributed by atoms with E-state index in [0.29, 0.717) is 27.7 Å². The average Bonchev–Trinajstić information content (AvgIpc) is 3.29. The van der Waals surface area contributed by atoms with Gasteiger partial charge in [-0.15, -0.1) is 0 Å². The average molecular weight is 375 g/mol. The van der Waals surface area contributed by atoms with E-state index in [1.807, 2.05) is 18.2 Å². The van der Waals surface area contributed by atoms with Crippen LogP contribution in [0.2, 0.25) is 0 Å². The fraction of sp³-hybridized carbons (Fsp3) is 0.211. The minimum Gasteiger partial charge on any atom is -0.394 e. The molecule has 28 heavy (non-hydrogen) atoms. The van der Waals surface area contributed by atoms with Crippen LogP contribution in [-0.2, 0) is 7.05 Å². The third kappa shape index (κ3) is 2.26. The lowest BCUT2D eigenvalue weighted by Gasteiger charge is -2.11. The standard InChI is InChI=1S/C19H17N7O2/c1-10(9-27)26-17-15(25(2)19(26)28)8-20-14-4-3-13(23-16(14)17)11-5-12-7-22-24-18(12)21-6-11/h3-8,10,27H,9H2,1-2H3,(H,21,22,24). The highest BCUT2D eigenvalue weighted by atomic mass is 16.3. The van der Waals surface area contributed by atoms with E-state index in [-0.39, 0.29) is 18.3 Å². The Hall–Kier alpha value is -3.59. The van der Waals surface area contributed by atoms with Crippen molar-refractivity contribution < 1.29 is 5.11 Å². The van der Waals surface area contributed by atoms with Crippen molar-refractivity contribution in [1.82, 2.24) is 34.3 Å². The van der Waals surface area contributed by atoms with Gasteiger partial charge in [-0.05, 0) is 25.1 Å². The van der Waals surface area contributed by atoms with E-state index in [4.69, 9.17) is 4.98 Å². The van der Waals surface area contributed by atoms with Crippen molar-refractivity contribution in [3.8, 4) is 11.3 Å². The third-order valence-corrected chi connectivity index (χ3v) is 5.05. The number of aliphatic hydroxyl groups excluding tert-OH is 1. The monoisotopic (exact) mass is 375 g/mol. The van der Waals surface area contributed by atoms with Gasteiger partial charge in [0.25, 0.3) is 0 Å². The molecule has 0 aromatic carbocycles. The second-order valence-corrected chi connectivity index (χ2v) is 6.83. The molecule has 0 bridgehead atoms. The Morgan fingerprint density at radius 1 is 1.21 bits per heavy atom. The Balaban J connectivity index is 1.83. The van der Waals surface area contributed by atoms with Crippen LogP contribution in [-0.4, -0.2) is 46.0 Å². The lowest BCUT2D eigenvalue weighted by Crippen LogP contribution is -2.26. The van der Waals surface area contributed by atoms with Crippen molar-refractivity contribution >= 4 is 33.1 Å². The van der Waals surface area contributed by atoms with Gasteiger partial charge in [0.1, 0.15) is 5.52 Å². The Kier molecular flexibility index (Phi) is 3.53. The first-order valence-corrected chi connectivity index (χ1v) is 8.85. The number of pyridine rings is 3. The number of fused-ring (bicyclic) bond motifs is 4. The van der Waals surface area contributed by atoms with Crippen LogP contribution in [0.3, 0.4) is 0 Å². The Labute approximate surface area is 158 Å². The number of aromatic nitrogens is 7. The third-order valence-electron chi connectivity index (χ3n) is 5.05. The number of aryl methyl sites for hydroxylation is 1. The molecule has 0 aliphatic carbocycles. The molecule has 0 aliphatic heterocycles. The quantitative estimate of drug-likeness (QED) is 0.497. The number of H-pyrrole nitrogens is 1. The van der Waals surface area contributed by atoms with Crippen molar-refractivity contribution in [3.05, 3.63) is 47.3 Å². The number of imidazole rings is 1. The summed E-state index contributed by atoms with van der Waals surface area (Å²) in [7, 11) is 1.69. The van der Waals surface area contributed by atoms with Crippen molar-refractivity contribution in [1.29, 1.82) is 0 Å². The van der Waals surface area contributed by atoms with Crippen LogP contribution in [0.1, 0.15) is 13.0 Å². The van der Waals surface area contributed by atoms with E-state index in [2.05, 4.69) is 20.2 Å². The summed E-state index contributed by atoms with van der Waals surface area (Å²) in [5.41, 5.74) is 4.69. The largest absolute Gasteiger partial charge is 0.394 e. The molecular weight excluding hydrogens is 358 g/mol. The first kappa shape index (κ1) is 16.6. The maximum absolute atomic E-state index is 12.7. The van der Waals surface area contributed by atoms with Gasteiger partial charge in [-0.2, -0.15) is 5.10 Å². The lowest BCUT2D eigenvalue weighted by atomic mass is 10.1. The predicted octanol–water partition coefficient (Wildman–Crippen LogP) is 1.77. The van der Waals surface area contributed by atoms with E-state index < -0.39 is 0 Å². The molecule has 0 aliphatic rings. The smallest absolute Gasteiger partial charge is 0.329 e. The lowest BCUT2D eigenvalue weighted by molar-refractivity contribution is 0.238. The molecule has 0 fully saturated rings. The summed E-state index contributed by atoms with van der Waals surface area (Å²) >= 11 is 0. The van der Waals surface area contributed by atoms with E-state index in [0.717, 1.165) is 16.6 Å². The molecule has 140 valence electrons. The molecule has 0 amide bonds. The number of hydrogen-bond acceptors (Lipinski definition) is 6. The van der Waals surface area contributed by atoms with Gasteiger partial charge < -0.3 is 5.11 Å². The zero-order valence-electron chi connectivity index (χ0n) is 15.3. The fourth-order valence-corrected chi connectivity index (χ4v) is 3.51. The summed E-state index contributed by atoms with van der Waals surface area (Å²) in [6.07, 6.45) is 5.11. The summed E-state index contributed by atoms with van der Waals surface area (Å²) in [4.78, 5) is 26.4. The summed E-state index contributed by atoms with van der Waals surface area (Å²) < 4.78 is 3.11. The molecule has 1 unspecified atom stereocenters. The van der Waals surface area contributed by atoms with Gasteiger partial charge in [0.05, 0.1) is 47.3 Å². The highest BCUT2D eigenvalue weighted by Gasteiger charge is 2.19. The van der Waals surface area contributed by atoms with Gasteiger partial charge in [-0.3, -0.25) is 19.2 Å². The minimum absolute atomic E-state index is 0.149. The zero-order valence-corrected chi connectivity index (χ0v) is 15.3. The molecule has 5 rings (SSSR count). The van der Waals surface area contributed by atoms with Crippen molar-refractivity contribution in [3.63, 3.8) is 0 Å². The van der Waals surface area contributed by atoms with Crippen LogP contribution < -0.4 is 5.69 Å². The molecule has 9 nitrogen and oxygen atoms in total. The van der Waals surface area contributed by atoms with Crippen molar-refractivity contribution in [2.45, 2.75) is 13.0 Å². The van der Waals surface area contributed by atoms with Gasteiger partial charge in [0, 0.05) is 24.2 Å². The van der Waals surface area contributed by atoms with E-state index in [9.17, 15) is 9.90 Å². The maximum atomic E-state index is 12.7. The fourth-order valence-electron chi connectivity index (χ4n) is 3.51. The summed E-state index contributed by atoms with van der Waals surface area (Å²) in [6.45, 7) is 1.65. The van der Waals surface area contributed by atoms with E-state index in [1.54, 1.807) is 37.1 Å². The van der Waals surface area contributed by atoms with Crippen molar-refractivity contribution in [2.24, 2.45) is 7.05 Å². The Bertz CT molecular complexity index is 1410. The van der Waals surface area contributed by atoms with E-state index >= 15 is 0 Å². The number of nitrogens with zero attached hydrogens (tertiary/aromatic N) is 6. The molecule has 2 N–H and O–H groups in total. The number of aliphatic hydroxyl groups is 1. The van der Waals surface area contributed by atoms with Crippen LogP contribution in [0.25, 0.3) is 44.4 Å². The normalized spacial score (nSPS) is 13.0. The molecule has 1 atom stereocenters. The Morgan fingerprint density at radius 3 is 2.89 bits per heavy atom. The van der Waals surface area contributed by atoms with Gasteiger partial charge >= 0.3 is 5.69 Å². The first-order chi connectivity index (χ1) is 13.6. The topological polar surface area (TPSA) is 115 Å². The summed E-state index contributed by atoms with van der Waals surface area (Å²) in [5.74, 6) is 0. The molecule has 0 saturated heterocycles. The van der Waals surface area contributed by atoms with Gasteiger partial charge in [-0.1, -0.05) is 0 Å². The predicted molar refractivity (Wildman–Crippen MR) is 105 cm³/mol. The molecule has 5 heterocycles. The van der Waals surface area contributed by atoms with Gasteiger partial charge in [-0.25, -0.2) is 14.8 Å². The first-order valence-electron chi connectivity index (χ1n) is 8.85. The maximum Gasteiger partial charge on any atom is 0.329 e. The molecule has 5 aromatic rings. The molecule has 0 spiro atoms. The SMILES string of the molecule is CC(CO)n1c(=O)n(C)c2cnc3ccc(-c4cnc5[nH]ncc5c4)nc3c21. The number of nitrogens with one attached hydrogen (secondary N) is 1. The molecule has 0 radical (unpaired) electrons. The summed E-state index contributed by atoms with van der Waals surface area (Å²) in [5, 5.41) is 17.4. The molecule has 9 heteroatoms. The van der Waals surface area contributed by atoms with Gasteiger partial charge in [0.2, 0.25) is 0 Å². The minimum atomic E-state index is -0.379. The molecule has 0 saturated carbocycles. The van der Waals surface area contributed by atoms with Crippen LogP contribution in [0.15, 0.2) is 41.6 Å². The molecule has 5 aromatic heterocycles. The van der Waals surface area contributed by atoms with Crippen LogP contribution in [0.4, 0.5) is 0 Å². The van der Waals surface area contributed by atoms with Crippen LogP contribution in [0.5, 0.6) is 0 Å². The second kappa shape index (κ2) is 5.96. The highest BCUT2D eigenvalue weighted by molar-refractivity contribution is 6.00. The van der Waals surface area contributed by atoms with Crippen molar-refractivity contribution in [2.75, 3.05) is 6.61 Å². The number of hydrogen-bond donors (Lipinski definition) is 2. The second-order valence-electron chi connectivity index (χ2n) is 6.83. The van der Waals surface area contributed by atoms with E-state index in [1.165, 1.54) is 4.57 Å². The van der Waals surface area contributed by atoms with Gasteiger partial charge in [0.15, 0.2) is 5.65 Å². The highest BCUT2D eigenvalue weighted by Crippen LogP contribution is 2.27. The van der Waals surface area contributed by atoms with Crippen LogP contribution in [0, 0.1) is 0 Å². The van der Waals surface area contributed by atoms with Crippen LogP contribution >= 0.6 is 0 Å². The zero-order chi connectivity index (χ0) is 19.4.